The zero-order valence-electron chi connectivity index (χ0n) is 9.95. The molecule has 1 aromatic carbocycles. The minimum absolute atomic E-state index is 0.119. The van der Waals surface area contributed by atoms with Crippen LogP contribution in [-0.4, -0.2) is 24.7 Å². The van der Waals surface area contributed by atoms with Gasteiger partial charge in [-0.2, -0.15) is 5.10 Å². The lowest BCUT2D eigenvalue weighted by atomic mass is 10.3. The summed E-state index contributed by atoms with van der Waals surface area (Å²) < 4.78 is 41.1. The highest BCUT2D eigenvalue weighted by atomic mass is 32.2. The SMILES string of the molecule is Nc1ccc(S(=O)(=O)NCCn2cccn2)c(F)c1. The van der Waals surface area contributed by atoms with Crippen molar-refractivity contribution in [3.63, 3.8) is 0 Å². The molecule has 102 valence electrons. The monoisotopic (exact) mass is 284 g/mol. The summed E-state index contributed by atoms with van der Waals surface area (Å²) in [5.41, 5.74) is 5.54. The second-order valence-corrected chi connectivity index (χ2v) is 5.59. The van der Waals surface area contributed by atoms with Crippen molar-refractivity contribution in [2.45, 2.75) is 11.4 Å². The molecular formula is C11H13FN4O2S. The van der Waals surface area contributed by atoms with Crippen LogP contribution in [0.5, 0.6) is 0 Å². The molecule has 1 aromatic heterocycles. The lowest BCUT2D eigenvalue weighted by Crippen LogP contribution is -2.28. The van der Waals surface area contributed by atoms with Crippen molar-refractivity contribution < 1.29 is 12.8 Å². The van der Waals surface area contributed by atoms with Gasteiger partial charge in [0, 0.05) is 24.6 Å². The standard InChI is InChI=1S/C11H13FN4O2S/c12-10-8-9(13)2-3-11(10)19(17,18)15-5-7-16-6-1-4-14-16/h1-4,6,8,15H,5,7,13H2. The van der Waals surface area contributed by atoms with E-state index in [0.29, 0.717) is 6.54 Å². The van der Waals surface area contributed by atoms with E-state index >= 15 is 0 Å². The molecule has 0 spiro atoms. The molecule has 0 aliphatic heterocycles. The fourth-order valence-corrected chi connectivity index (χ4v) is 2.62. The van der Waals surface area contributed by atoms with Crippen molar-refractivity contribution in [2.75, 3.05) is 12.3 Å². The van der Waals surface area contributed by atoms with Crippen molar-refractivity contribution in [1.82, 2.24) is 14.5 Å². The first-order valence-corrected chi connectivity index (χ1v) is 6.99. The molecule has 0 aliphatic rings. The molecule has 6 nitrogen and oxygen atoms in total. The third-order valence-electron chi connectivity index (χ3n) is 2.44. The number of sulfonamides is 1. The molecule has 1 heterocycles. The van der Waals surface area contributed by atoms with Crippen LogP contribution in [0.1, 0.15) is 0 Å². The Morgan fingerprint density at radius 2 is 2.21 bits per heavy atom. The molecule has 0 amide bonds. The number of nitrogens with one attached hydrogen (secondary N) is 1. The molecule has 0 radical (unpaired) electrons. The van der Waals surface area contributed by atoms with Gasteiger partial charge < -0.3 is 5.73 Å². The Bertz CT molecular complexity index is 655. The van der Waals surface area contributed by atoms with Gasteiger partial charge in [-0.05, 0) is 24.3 Å². The molecule has 3 N–H and O–H groups in total. The number of rotatable bonds is 5. The number of hydrogen-bond donors (Lipinski definition) is 2. The van der Waals surface area contributed by atoms with E-state index in [1.54, 1.807) is 23.1 Å². The summed E-state index contributed by atoms with van der Waals surface area (Å²) in [6.45, 7) is 0.483. The fourth-order valence-electron chi connectivity index (χ4n) is 1.54. The van der Waals surface area contributed by atoms with Crippen LogP contribution in [0.15, 0.2) is 41.6 Å². The Balaban J connectivity index is 2.05. The Kier molecular flexibility index (Phi) is 3.82. The Morgan fingerprint density at radius 1 is 1.42 bits per heavy atom. The Morgan fingerprint density at radius 3 is 2.84 bits per heavy atom. The van der Waals surface area contributed by atoms with Crippen LogP contribution in [0, 0.1) is 5.82 Å². The van der Waals surface area contributed by atoms with Crippen LogP contribution < -0.4 is 10.5 Å². The summed E-state index contributed by atoms with van der Waals surface area (Å²) in [5.74, 6) is -0.869. The summed E-state index contributed by atoms with van der Waals surface area (Å²) in [6.07, 6.45) is 3.30. The number of halogens is 1. The van der Waals surface area contributed by atoms with Crippen LogP contribution in [0.4, 0.5) is 10.1 Å². The van der Waals surface area contributed by atoms with Crippen molar-refractivity contribution in [2.24, 2.45) is 0 Å². The van der Waals surface area contributed by atoms with Gasteiger partial charge >= 0.3 is 0 Å². The van der Waals surface area contributed by atoms with E-state index < -0.39 is 20.7 Å². The molecule has 0 unspecified atom stereocenters. The van der Waals surface area contributed by atoms with E-state index in [9.17, 15) is 12.8 Å². The Labute approximate surface area is 110 Å². The van der Waals surface area contributed by atoms with Gasteiger partial charge in [0.2, 0.25) is 10.0 Å². The number of nitrogens with zero attached hydrogens (tertiary/aromatic N) is 2. The van der Waals surface area contributed by atoms with Gasteiger partial charge in [-0.3, -0.25) is 4.68 Å². The molecule has 2 aromatic rings. The Hall–Kier alpha value is -1.93. The lowest BCUT2D eigenvalue weighted by molar-refractivity contribution is 0.545. The first-order valence-electron chi connectivity index (χ1n) is 5.51. The molecule has 19 heavy (non-hydrogen) atoms. The second kappa shape index (κ2) is 5.37. The number of nitrogens with two attached hydrogens (primary N) is 1. The zero-order chi connectivity index (χ0) is 13.9. The average molecular weight is 284 g/mol. The number of benzene rings is 1. The molecule has 0 saturated carbocycles. The number of nitrogen functional groups attached to an aromatic ring is 1. The average Bonchev–Trinajstić information content (AvgIpc) is 2.81. The van der Waals surface area contributed by atoms with Gasteiger partial charge in [-0.1, -0.05) is 0 Å². The van der Waals surface area contributed by atoms with Crippen LogP contribution in [0.3, 0.4) is 0 Å². The first-order chi connectivity index (χ1) is 8.99. The molecular weight excluding hydrogens is 271 g/mol. The maximum absolute atomic E-state index is 13.5. The van der Waals surface area contributed by atoms with Gasteiger partial charge in [-0.25, -0.2) is 17.5 Å². The van der Waals surface area contributed by atoms with Crippen molar-refractivity contribution in [3.05, 3.63) is 42.5 Å². The van der Waals surface area contributed by atoms with Gasteiger partial charge in [0.1, 0.15) is 10.7 Å². The number of aromatic nitrogens is 2. The maximum atomic E-state index is 13.5. The zero-order valence-corrected chi connectivity index (χ0v) is 10.8. The molecule has 0 aliphatic carbocycles. The number of anilines is 1. The molecule has 8 heteroatoms. The van der Waals surface area contributed by atoms with Crippen LogP contribution in [0.25, 0.3) is 0 Å². The fraction of sp³-hybridized carbons (Fsp3) is 0.182. The third-order valence-corrected chi connectivity index (χ3v) is 3.93. The summed E-state index contributed by atoms with van der Waals surface area (Å²) in [7, 11) is -3.88. The molecule has 2 rings (SSSR count). The third kappa shape index (κ3) is 3.30. The minimum atomic E-state index is -3.88. The summed E-state index contributed by atoms with van der Waals surface area (Å²) >= 11 is 0. The normalized spacial score (nSPS) is 11.6. The molecule has 0 bridgehead atoms. The largest absolute Gasteiger partial charge is 0.399 e. The van der Waals surface area contributed by atoms with E-state index in [2.05, 4.69) is 9.82 Å². The number of hydrogen-bond acceptors (Lipinski definition) is 4. The molecule has 0 fully saturated rings. The van der Waals surface area contributed by atoms with Crippen molar-refractivity contribution >= 4 is 15.7 Å². The topological polar surface area (TPSA) is 90.0 Å². The van der Waals surface area contributed by atoms with E-state index in [0.717, 1.165) is 12.1 Å². The van der Waals surface area contributed by atoms with Crippen LogP contribution in [0.2, 0.25) is 0 Å². The van der Waals surface area contributed by atoms with Gasteiger partial charge in [-0.15, -0.1) is 0 Å². The smallest absolute Gasteiger partial charge is 0.243 e. The predicted octanol–water partition coefficient (Wildman–Crippen LogP) is 0.583. The predicted molar refractivity (Wildman–Crippen MR) is 68.2 cm³/mol. The molecule has 0 atom stereocenters. The quantitative estimate of drug-likeness (QED) is 0.786. The van der Waals surface area contributed by atoms with Crippen molar-refractivity contribution in [3.8, 4) is 0 Å². The van der Waals surface area contributed by atoms with Gasteiger partial charge in [0.05, 0.1) is 6.54 Å². The second-order valence-electron chi connectivity index (χ2n) is 3.86. The molecule has 0 saturated heterocycles. The van der Waals surface area contributed by atoms with E-state index in [1.807, 2.05) is 0 Å². The maximum Gasteiger partial charge on any atom is 0.243 e. The van der Waals surface area contributed by atoms with Gasteiger partial charge in [0.25, 0.3) is 0 Å². The summed E-state index contributed by atoms with van der Waals surface area (Å²) in [6, 6.07) is 5.18. The van der Waals surface area contributed by atoms with Crippen LogP contribution in [-0.2, 0) is 16.6 Å². The highest BCUT2D eigenvalue weighted by molar-refractivity contribution is 7.89. The van der Waals surface area contributed by atoms with E-state index in [4.69, 9.17) is 5.73 Å². The highest BCUT2D eigenvalue weighted by Gasteiger charge is 2.18. The summed E-state index contributed by atoms with van der Waals surface area (Å²) in [5, 5.41) is 3.93. The minimum Gasteiger partial charge on any atom is -0.399 e. The lowest BCUT2D eigenvalue weighted by Gasteiger charge is -2.08. The van der Waals surface area contributed by atoms with E-state index in [1.165, 1.54) is 6.07 Å². The highest BCUT2D eigenvalue weighted by Crippen LogP contribution is 2.16. The first kappa shape index (κ1) is 13.5. The van der Waals surface area contributed by atoms with Crippen LogP contribution >= 0.6 is 0 Å². The van der Waals surface area contributed by atoms with Gasteiger partial charge in [0.15, 0.2) is 0 Å². The summed E-state index contributed by atoms with van der Waals surface area (Å²) in [4.78, 5) is -0.415. The van der Waals surface area contributed by atoms with Crippen molar-refractivity contribution in [1.29, 1.82) is 0 Å². The van der Waals surface area contributed by atoms with E-state index in [-0.39, 0.29) is 12.2 Å².